The van der Waals surface area contributed by atoms with Crippen molar-refractivity contribution in [3.05, 3.63) is 17.9 Å². The van der Waals surface area contributed by atoms with Crippen LogP contribution < -0.4 is 15.8 Å². The molecule has 1 aromatic carbocycles. The maximum atomic E-state index is 13.0. The van der Waals surface area contributed by atoms with Crippen molar-refractivity contribution < 1.29 is 9.13 Å². The van der Waals surface area contributed by atoms with E-state index in [4.69, 9.17) is 10.5 Å². The largest absolute Gasteiger partial charge is 0.491 e. The van der Waals surface area contributed by atoms with Crippen LogP contribution in [-0.4, -0.2) is 13.2 Å². The van der Waals surface area contributed by atoms with Gasteiger partial charge in [0.25, 0.3) is 0 Å². The number of anilines is 2. The first-order valence-corrected chi connectivity index (χ1v) is 4.23. The van der Waals surface area contributed by atoms with Crippen molar-refractivity contribution in [1.82, 2.24) is 0 Å². The molecule has 1 aliphatic rings. The van der Waals surface area contributed by atoms with Gasteiger partial charge in [-0.15, -0.1) is 0 Å². The Morgan fingerprint density at radius 1 is 1.46 bits per heavy atom. The van der Waals surface area contributed by atoms with Crippen molar-refractivity contribution in [2.45, 2.75) is 6.42 Å². The van der Waals surface area contributed by atoms with Crippen LogP contribution in [0.3, 0.4) is 0 Å². The molecule has 0 unspecified atom stereocenters. The zero-order valence-corrected chi connectivity index (χ0v) is 7.14. The molecule has 0 saturated carbocycles. The molecular weight excluding hydrogens is 171 g/mol. The van der Waals surface area contributed by atoms with E-state index in [1.54, 1.807) is 0 Å². The standard InChI is InChI=1S/C9H11FN2O/c10-6-4-8-9(5-7(6)11)13-3-1-2-12-8/h4-5,12H,1-3,11H2. The first-order chi connectivity index (χ1) is 6.27. The number of ether oxygens (including phenoxy) is 1. The van der Waals surface area contributed by atoms with Gasteiger partial charge in [-0.05, 0) is 6.42 Å². The average molecular weight is 182 g/mol. The number of halogens is 1. The van der Waals surface area contributed by atoms with E-state index in [1.165, 1.54) is 12.1 Å². The Balaban J connectivity index is 2.43. The van der Waals surface area contributed by atoms with Gasteiger partial charge in [0.1, 0.15) is 11.6 Å². The smallest absolute Gasteiger partial charge is 0.148 e. The van der Waals surface area contributed by atoms with Gasteiger partial charge in [0.05, 0.1) is 18.0 Å². The molecular formula is C9H11FN2O. The number of hydrogen-bond donors (Lipinski definition) is 2. The maximum Gasteiger partial charge on any atom is 0.148 e. The van der Waals surface area contributed by atoms with Gasteiger partial charge in [0.15, 0.2) is 0 Å². The first-order valence-electron chi connectivity index (χ1n) is 4.23. The van der Waals surface area contributed by atoms with Crippen LogP contribution in [0.15, 0.2) is 12.1 Å². The summed E-state index contributed by atoms with van der Waals surface area (Å²) in [5.74, 6) is 0.230. The molecule has 1 heterocycles. The molecule has 3 nitrogen and oxygen atoms in total. The number of fused-ring (bicyclic) bond motifs is 1. The SMILES string of the molecule is Nc1cc2c(cc1F)NCCCO2. The van der Waals surface area contributed by atoms with E-state index in [2.05, 4.69) is 5.32 Å². The Labute approximate surface area is 75.7 Å². The minimum absolute atomic E-state index is 0.127. The second-order valence-corrected chi connectivity index (χ2v) is 3.00. The third-order valence-electron chi connectivity index (χ3n) is 1.99. The van der Waals surface area contributed by atoms with E-state index in [0.29, 0.717) is 18.0 Å². The highest BCUT2D eigenvalue weighted by molar-refractivity contribution is 5.63. The molecule has 0 saturated heterocycles. The molecule has 13 heavy (non-hydrogen) atoms. The molecule has 0 aliphatic carbocycles. The molecule has 0 amide bonds. The molecule has 1 aliphatic heterocycles. The Morgan fingerprint density at radius 2 is 2.31 bits per heavy atom. The van der Waals surface area contributed by atoms with Crippen molar-refractivity contribution in [1.29, 1.82) is 0 Å². The number of nitrogens with two attached hydrogens (primary N) is 1. The van der Waals surface area contributed by atoms with Gasteiger partial charge in [0, 0.05) is 18.7 Å². The van der Waals surface area contributed by atoms with E-state index in [9.17, 15) is 4.39 Å². The van der Waals surface area contributed by atoms with Gasteiger partial charge in [-0.3, -0.25) is 0 Å². The van der Waals surface area contributed by atoms with Crippen LogP contribution >= 0.6 is 0 Å². The molecule has 3 N–H and O–H groups in total. The summed E-state index contributed by atoms with van der Waals surface area (Å²) in [5, 5.41) is 3.07. The van der Waals surface area contributed by atoms with E-state index < -0.39 is 5.82 Å². The van der Waals surface area contributed by atoms with Crippen LogP contribution in [-0.2, 0) is 0 Å². The predicted octanol–water partition coefficient (Wildman–Crippen LogP) is 1.60. The molecule has 70 valence electrons. The van der Waals surface area contributed by atoms with Gasteiger partial charge < -0.3 is 15.8 Å². The molecule has 0 fully saturated rings. The van der Waals surface area contributed by atoms with Crippen LogP contribution in [0.2, 0.25) is 0 Å². The first kappa shape index (κ1) is 8.16. The van der Waals surface area contributed by atoms with Crippen LogP contribution in [0.25, 0.3) is 0 Å². The normalized spacial score (nSPS) is 15.2. The maximum absolute atomic E-state index is 13.0. The Bertz CT molecular complexity index is 297. The van der Waals surface area contributed by atoms with Crippen molar-refractivity contribution in [2.75, 3.05) is 24.2 Å². The fourth-order valence-corrected chi connectivity index (χ4v) is 1.30. The van der Waals surface area contributed by atoms with E-state index in [0.717, 1.165) is 13.0 Å². The third-order valence-corrected chi connectivity index (χ3v) is 1.99. The summed E-state index contributed by atoms with van der Waals surface area (Å²) in [5.41, 5.74) is 6.22. The minimum Gasteiger partial charge on any atom is -0.491 e. The second kappa shape index (κ2) is 3.12. The predicted molar refractivity (Wildman–Crippen MR) is 49.4 cm³/mol. The monoisotopic (exact) mass is 182 g/mol. The molecule has 0 aromatic heterocycles. The van der Waals surface area contributed by atoms with E-state index in [1.807, 2.05) is 0 Å². The van der Waals surface area contributed by atoms with Gasteiger partial charge in [-0.25, -0.2) is 4.39 Å². The van der Waals surface area contributed by atoms with Crippen molar-refractivity contribution in [2.24, 2.45) is 0 Å². The molecule has 4 heteroatoms. The summed E-state index contributed by atoms with van der Waals surface area (Å²) in [6, 6.07) is 2.89. The van der Waals surface area contributed by atoms with Gasteiger partial charge in [-0.2, -0.15) is 0 Å². The van der Waals surface area contributed by atoms with Gasteiger partial charge in [-0.1, -0.05) is 0 Å². The summed E-state index contributed by atoms with van der Waals surface area (Å²) < 4.78 is 18.4. The number of rotatable bonds is 0. The van der Waals surface area contributed by atoms with E-state index >= 15 is 0 Å². The third kappa shape index (κ3) is 1.52. The summed E-state index contributed by atoms with van der Waals surface area (Å²) in [4.78, 5) is 0. The summed E-state index contributed by atoms with van der Waals surface area (Å²) in [6.07, 6.45) is 0.913. The lowest BCUT2D eigenvalue weighted by Crippen LogP contribution is -2.00. The Morgan fingerprint density at radius 3 is 3.15 bits per heavy atom. The molecule has 1 aromatic rings. The van der Waals surface area contributed by atoms with Crippen LogP contribution in [0, 0.1) is 5.82 Å². The highest BCUT2D eigenvalue weighted by Crippen LogP contribution is 2.30. The fraction of sp³-hybridized carbons (Fsp3) is 0.333. The zero-order valence-electron chi connectivity index (χ0n) is 7.14. The van der Waals surface area contributed by atoms with Crippen molar-refractivity contribution in [3.63, 3.8) is 0 Å². The van der Waals surface area contributed by atoms with Gasteiger partial charge in [0.2, 0.25) is 0 Å². The highest BCUT2D eigenvalue weighted by atomic mass is 19.1. The minimum atomic E-state index is -0.406. The second-order valence-electron chi connectivity index (χ2n) is 3.00. The highest BCUT2D eigenvalue weighted by Gasteiger charge is 2.11. The van der Waals surface area contributed by atoms with Gasteiger partial charge >= 0.3 is 0 Å². The number of nitrogens with one attached hydrogen (secondary N) is 1. The van der Waals surface area contributed by atoms with Crippen LogP contribution in [0.4, 0.5) is 15.8 Å². The summed E-state index contributed by atoms with van der Waals surface area (Å²) in [6.45, 7) is 1.45. The lowest BCUT2D eigenvalue weighted by Gasteiger charge is -2.08. The van der Waals surface area contributed by atoms with Crippen LogP contribution in [0.5, 0.6) is 5.75 Å². The van der Waals surface area contributed by atoms with Crippen molar-refractivity contribution in [3.8, 4) is 5.75 Å². The molecule has 0 atom stereocenters. The summed E-state index contributed by atoms with van der Waals surface area (Å²) >= 11 is 0. The Hall–Kier alpha value is -1.45. The van der Waals surface area contributed by atoms with E-state index in [-0.39, 0.29) is 5.69 Å². The molecule has 0 radical (unpaired) electrons. The topological polar surface area (TPSA) is 47.3 Å². The quantitative estimate of drug-likeness (QED) is 0.599. The number of hydrogen-bond acceptors (Lipinski definition) is 3. The zero-order chi connectivity index (χ0) is 9.26. The summed E-state index contributed by atoms with van der Waals surface area (Å²) in [7, 11) is 0. The molecule has 0 spiro atoms. The van der Waals surface area contributed by atoms with Crippen molar-refractivity contribution >= 4 is 11.4 Å². The molecule has 0 bridgehead atoms. The fourth-order valence-electron chi connectivity index (χ4n) is 1.30. The number of nitrogen functional groups attached to an aromatic ring is 1. The lowest BCUT2D eigenvalue weighted by molar-refractivity contribution is 0.323. The Kier molecular flexibility index (Phi) is 1.96. The molecule has 2 rings (SSSR count). The lowest BCUT2D eigenvalue weighted by atomic mass is 10.2. The van der Waals surface area contributed by atoms with Crippen LogP contribution in [0.1, 0.15) is 6.42 Å². The number of benzene rings is 1. The average Bonchev–Trinajstić information content (AvgIpc) is 2.31.